The van der Waals surface area contributed by atoms with E-state index < -0.39 is 0 Å². The van der Waals surface area contributed by atoms with Gasteiger partial charge in [-0.15, -0.1) is 0 Å². The molecule has 1 aliphatic heterocycles. The van der Waals surface area contributed by atoms with Crippen LogP contribution in [0.1, 0.15) is 32.1 Å². The van der Waals surface area contributed by atoms with E-state index in [2.05, 4.69) is 16.3 Å². The van der Waals surface area contributed by atoms with Crippen LogP contribution >= 0.6 is 0 Å². The van der Waals surface area contributed by atoms with Gasteiger partial charge < -0.3 is 4.79 Å². The van der Waals surface area contributed by atoms with Crippen LogP contribution in [-0.4, -0.2) is 18.4 Å². The van der Waals surface area contributed by atoms with Crippen molar-refractivity contribution < 1.29 is 4.79 Å². The normalized spacial score (nSPS) is 29.7. The van der Waals surface area contributed by atoms with E-state index in [4.69, 9.17) is 0 Å². The van der Waals surface area contributed by atoms with Crippen molar-refractivity contribution in [1.82, 2.24) is 0 Å². The van der Waals surface area contributed by atoms with E-state index in [-0.39, 0.29) is 0 Å². The number of carbonyl (C=O) groups is 1. The Labute approximate surface area is 77.9 Å². The second kappa shape index (κ2) is 3.81. The number of aldehydes is 1. The van der Waals surface area contributed by atoms with Crippen molar-refractivity contribution in [2.45, 2.75) is 44.2 Å². The zero-order chi connectivity index (χ0) is 9.10. The fraction of sp³-hybridized carbons (Fsp3) is 0.700. The lowest BCUT2D eigenvalue weighted by Crippen LogP contribution is -1.99. The molecule has 1 fully saturated rings. The largest absolute Gasteiger partial charge is 0.303 e. The van der Waals surface area contributed by atoms with Crippen molar-refractivity contribution in [2.24, 2.45) is 10.2 Å². The van der Waals surface area contributed by atoms with Gasteiger partial charge in [0.2, 0.25) is 0 Å². The number of unbranched alkanes of at least 4 members (excludes halogenated alkanes) is 2. The minimum atomic E-state index is 0.390. The molecule has 2 bridgehead atoms. The van der Waals surface area contributed by atoms with Gasteiger partial charge in [0.05, 0.1) is 12.1 Å². The predicted octanol–water partition coefficient (Wildman–Crippen LogP) is 2.28. The van der Waals surface area contributed by atoms with Gasteiger partial charge in [0.15, 0.2) is 0 Å². The Morgan fingerprint density at radius 2 is 1.92 bits per heavy atom. The van der Waals surface area contributed by atoms with Gasteiger partial charge in [-0.05, 0) is 31.3 Å². The van der Waals surface area contributed by atoms with Crippen molar-refractivity contribution in [3.8, 4) is 0 Å². The second-order valence-corrected chi connectivity index (χ2v) is 3.64. The zero-order valence-electron chi connectivity index (χ0n) is 7.65. The molecule has 3 nitrogen and oxygen atoms in total. The lowest BCUT2D eigenvalue weighted by molar-refractivity contribution is -0.107. The molecule has 3 heteroatoms. The van der Waals surface area contributed by atoms with Gasteiger partial charge in [0.25, 0.3) is 0 Å². The molecule has 0 N–H and O–H groups in total. The average molecular weight is 178 g/mol. The molecule has 2 rings (SSSR count). The Morgan fingerprint density at radius 3 is 2.46 bits per heavy atom. The van der Waals surface area contributed by atoms with Crippen LogP contribution in [0.15, 0.2) is 21.9 Å². The summed E-state index contributed by atoms with van der Waals surface area (Å²) in [5.74, 6) is 0. The quantitative estimate of drug-likeness (QED) is 0.370. The molecular weight excluding hydrogens is 164 g/mol. The Hall–Kier alpha value is -0.990. The van der Waals surface area contributed by atoms with Gasteiger partial charge in [-0.25, -0.2) is 0 Å². The summed E-state index contributed by atoms with van der Waals surface area (Å²) in [5, 5.41) is 8.34. The van der Waals surface area contributed by atoms with Crippen LogP contribution in [0.25, 0.3) is 0 Å². The summed E-state index contributed by atoms with van der Waals surface area (Å²) in [4.78, 5) is 10.1. The van der Waals surface area contributed by atoms with Crippen molar-refractivity contribution >= 4 is 6.29 Å². The number of carbonyl (C=O) groups excluding carboxylic acids is 1. The first-order chi connectivity index (χ1) is 6.42. The van der Waals surface area contributed by atoms with E-state index in [1.54, 1.807) is 0 Å². The molecule has 1 aliphatic carbocycles. The van der Waals surface area contributed by atoms with Crippen molar-refractivity contribution in [3.63, 3.8) is 0 Å². The standard InChI is InChI=1S/C10H14N2O/c13-7-3-1-2-4-8-9-5-6-10(8)12-11-9/h4,7,9-10H,1-3,5-6H2. The van der Waals surface area contributed by atoms with Crippen molar-refractivity contribution in [3.05, 3.63) is 11.6 Å². The van der Waals surface area contributed by atoms with E-state index in [1.807, 2.05) is 0 Å². The molecule has 0 aromatic carbocycles. The van der Waals surface area contributed by atoms with Gasteiger partial charge in [0, 0.05) is 6.42 Å². The summed E-state index contributed by atoms with van der Waals surface area (Å²) < 4.78 is 0. The molecular formula is C10H14N2O. The zero-order valence-corrected chi connectivity index (χ0v) is 7.65. The van der Waals surface area contributed by atoms with Gasteiger partial charge >= 0.3 is 0 Å². The maximum atomic E-state index is 10.1. The Balaban J connectivity index is 1.84. The Morgan fingerprint density at radius 1 is 1.23 bits per heavy atom. The maximum absolute atomic E-state index is 10.1. The first-order valence-corrected chi connectivity index (χ1v) is 4.95. The molecule has 13 heavy (non-hydrogen) atoms. The average Bonchev–Trinajstić information content (AvgIpc) is 2.72. The number of azo groups is 1. The highest BCUT2D eigenvalue weighted by atomic mass is 16.1. The number of fused-ring (bicyclic) bond motifs is 2. The lowest BCUT2D eigenvalue weighted by atomic mass is 10.1. The minimum Gasteiger partial charge on any atom is -0.303 e. The Bertz CT molecular complexity index is 242. The highest BCUT2D eigenvalue weighted by Gasteiger charge is 2.34. The second-order valence-electron chi connectivity index (χ2n) is 3.64. The summed E-state index contributed by atoms with van der Waals surface area (Å²) in [7, 11) is 0. The fourth-order valence-electron chi connectivity index (χ4n) is 2.02. The summed E-state index contributed by atoms with van der Waals surface area (Å²) in [6.45, 7) is 0. The van der Waals surface area contributed by atoms with Crippen LogP contribution in [0.3, 0.4) is 0 Å². The van der Waals surface area contributed by atoms with E-state index in [0.29, 0.717) is 18.5 Å². The molecule has 1 saturated carbocycles. The highest BCUT2D eigenvalue weighted by molar-refractivity contribution is 5.49. The van der Waals surface area contributed by atoms with E-state index in [1.165, 1.54) is 18.4 Å². The summed E-state index contributed by atoms with van der Waals surface area (Å²) in [6, 6.07) is 0.780. The third-order valence-corrected chi connectivity index (χ3v) is 2.73. The SMILES string of the molecule is O=CCCCC=C1C2CCC1N=N2. The number of nitrogens with zero attached hydrogens (tertiary/aromatic N) is 2. The molecule has 0 spiro atoms. The first-order valence-electron chi connectivity index (χ1n) is 4.95. The van der Waals surface area contributed by atoms with Crippen LogP contribution in [0.4, 0.5) is 0 Å². The molecule has 0 saturated heterocycles. The van der Waals surface area contributed by atoms with Crippen molar-refractivity contribution in [1.29, 1.82) is 0 Å². The van der Waals surface area contributed by atoms with Crippen molar-refractivity contribution in [2.75, 3.05) is 0 Å². The maximum Gasteiger partial charge on any atom is 0.120 e. The van der Waals surface area contributed by atoms with Gasteiger partial charge in [-0.2, -0.15) is 10.2 Å². The monoisotopic (exact) mass is 178 g/mol. The predicted molar refractivity (Wildman–Crippen MR) is 49.7 cm³/mol. The van der Waals surface area contributed by atoms with Crippen LogP contribution in [0.5, 0.6) is 0 Å². The third-order valence-electron chi connectivity index (χ3n) is 2.73. The number of rotatable bonds is 4. The summed E-state index contributed by atoms with van der Waals surface area (Å²) in [6.07, 6.45) is 8.22. The molecule has 2 unspecified atom stereocenters. The molecule has 2 aliphatic rings. The molecule has 70 valence electrons. The number of allylic oxidation sites excluding steroid dienone is 1. The molecule has 1 heterocycles. The van der Waals surface area contributed by atoms with Crippen LogP contribution in [0, 0.1) is 0 Å². The molecule has 0 amide bonds. The lowest BCUT2D eigenvalue weighted by Gasteiger charge is -1.99. The molecule has 2 atom stereocenters. The fourth-order valence-corrected chi connectivity index (χ4v) is 2.02. The summed E-state index contributed by atoms with van der Waals surface area (Å²) >= 11 is 0. The van der Waals surface area contributed by atoms with Gasteiger partial charge in [-0.3, -0.25) is 0 Å². The Kier molecular flexibility index (Phi) is 2.52. The topological polar surface area (TPSA) is 41.8 Å². The minimum absolute atomic E-state index is 0.390. The smallest absolute Gasteiger partial charge is 0.120 e. The highest BCUT2D eigenvalue weighted by Crippen LogP contribution is 2.36. The number of hydrogen-bond acceptors (Lipinski definition) is 3. The molecule has 0 aromatic rings. The third kappa shape index (κ3) is 1.69. The molecule has 0 aromatic heterocycles. The summed E-state index contributed by atoms with van der Waals surface area (Å²) in [5.41, 5.74) is 1.41. The van der Waals surface area contributed by atoms with E-state index >= 15 is 0 Å². The van der Waals surface area contributed by atoms with Crippen LogP contribution < -0.4 is 0 Å². The van der Waals surface area contributed by atoms with Gasteiger partial charge in [0.1, 0.15) is 6.29 Å². The van der Waals surface area contributed by atoms with Crippen LogP contribution in [0.2, 0.25) is 0 Å². The molecule has 0 radical (unpaired) electrons. The number of hydrogen-bond donors (Lipinski definition) is 0. The first kappa shape index (κ1) is 8.60. The van der Waals surface area contributed by atoms with E-state index in [9.17, 15) is 4.79 Å². The van der Waals surface area contributed by atoms with Gasteiger partial charge in [-0.1, -0.05) is 6.08 Å². The van der Waals surface area contributed by atoms with E-state index in [0.717, 1.165) is 19.1 Å². The van der Waals surface area contributed by atoms with Crippen LogP contribution in [-0.2, 0) is 4.79 Å².